The smallest absolute Gasteiger partial charge is 0.00874 e. The average molecular weight is 198 g/mol. The topological polar surface area (TPSA) is 0 Å². The molecule has 0 saturated heterocycles. The van der Waals surface area contributed by atoms with E-state index in [9.17, 15) is 0 Å². The summed E-state index contributed by atoms with van der Waals surface area (Å²) < 4.78 is 0. The van der Waals surface area contributed by atoms with E-state index in [1.807, 2.05) is 0 Å². The molecule has 0 heteroatoms. The predicted octanol–water partition coefficient (Wildman–Crippen LogP) is 4.14. The second-order valence-electron chi connectivity index (χ2n) is 4.24. The van der Waals surface area contributed by atoms with E-state index in [1.165, 1.54) is 29.6 Å². The van der Waals surface area contributed by atoms with Crippen LogP contribution in [0.2, 0.25) is 0 Å². The van der Waals surface area contributed by atoms with Crippen LogP contribution >= 0.6 is 0 Å². The van der Waals surface area contributed by atoms with E-state index in [0.717, 1.165) is 12.3 Å². The van der Waals surface area contributed by atoms with Crippen LogP contribution in [0.15, 0.2) is 54.1 Å². The van der Waals surface area contributed by atoms with Crippen molar-refractivity contribution >= 4 is 0 Å². The van der Waals surface area contributed by atoms with Gasteiger partial charge in [-0.25, -0.2) is 0 Å². The Balaban J connectivity index is 1.99. The van der Waals surface area contributed by atoms with Crippen molar-refractivity contribution in [3.63, 3.8) is 0 Å². The maximum absolute atomic E-state index is 4.12. The maximum atomic E-state index is 4.12. The van der Waals surface area contributed by atoms with Gasteiger partial charge in [0.05, 0.1) is 0 Å². The van der Waals surface area contributed by atoms with Crippen molar-refractivity contribution in [2.24, 2.45) is 5.92 Å². The molecular formula is C15H18. The van der Waals surface area contributed by atoms with Gasteiger partial charge in [-0.2, -0.15) is 0 Å². The van der Waals surface area contributed by atoms with Crippen LogP contribution < -0.4 is 0 Å². The normalized spacial score (nSPS) is 19.3. The molecule has 0 N–H and O–H groups in total. The molecule has 0 heterocycles. The molecular weight excluding hydrogens is 180 g/mol. The Labute approximate surface area is 92.3 Å². The molecule has 2 rings (SSSR count). The summed E-state index contributed by atoms with van der Waals surface area (Å²) in [5.41, 5.74) is 4.26. The van der Waals surface area contributed by atoms with E-state index >= 15 is 0 Å². The highest BCUT2D eigenvalue weighted by atomic mass is 14.3. The summed E-state index contributed by atoms with van der Waals surface area (Å²) in [6.07, 6.45) is 5.81. The van der Waals surface area contributed by atoms with Crippen molar-refractivity contribution in [3.8, 4) is 0 Å². The lowest BCUT2D eigenvalue weighted by molar-refractivity contribution is 0.564. The molecule has 78 valence electrons. The second kappa shape index (κ2) is 4.48. The lowest BCUT2D eigenvalue weighted by atomic mass is 9.76. The molecule has 1 aromatic rings. The molecule has 1 aromatic carbocycles. The summed E-state index contributed by atoms with van der Waals surface area (Å²) in [4.78, 5) is 0. The third-order valence-corrected chi connectivity index (χ3v) is 3.22. The van der Waals surface area contributed by atoms with Crippen LogP contribution in [-0.4, -0.2) is 0 Å². The van der Waals surface area contributed by atoms with Gasteiger partial charge in [0.1, 0.15) is 0 Å². The number of allylic oxidation sites excluding steroid dienone is 3. The molecule has 0 saturated carbocycles. The predicted molar refractivity (Wildman–Crippen MR) is 65.8 cm³/mol. The molecule has 15 heavy (non-hydrogen) atoms. The van der Waals surface area contributed by atoms with E-state index in [-0.39, 0.29) is 0 Å². The zero-order valence-electron chi connectivity index (χ0n) is 9.37. The molecule has 1 unspecified atom stereocenters. The van der Waals surface area contributed by atoms with Crippen molar-refractivity contribution in [2.45, 2.75) is 26.2 Å². The first-order chi connectivity index (χ1) is 7.31. The summed E-state index contributed by atoms with van der Waals surface area (Å²) in [5.74, 6) is 0.722. The highest BCUT2D eigenvalue weighted by Gasteiger charge is 2.22. The standard InChI is InChI=1S/C15H18/c1-3-12(2)15-10-9-14(15)11-13-7-5-4-6-8-13/h4-8,10,14H,2-3,9,11H2,1H3. The van der Waals surface area contributed by atoms with Crippen LogP contribution in [0.25, 0.3) is 0 Å². The third kappa shape index (κ3) is 2.20. The molecule has 0 spiro atoms. The second-order valence-corrected chi connectivity index (χ2v) is 4.24. The van der Waals surface area contributed by atoms with Crippen LogP contribution in [-0.2, 0) is 6.42 Å². The lowest BCUT2D eigenvalue weighted by Gasteiger charge is -2.28. The van der Waals surface area contributed by atoms with Crippen molar-refractivity contribution in [1.82, 2.24) is 0 Å². The van der Waals surface area contributed by atoms with Gasteiger partial charge in [-0.3, -0.25) is 0 Å². The molecule has 1 aliphatic rings. The summed E-state index contributed by atoms with van der Waals surface area (Å²) in [7, 11) is 0. The largest absolute Gasteiger partial charge is 0.0956 e. The van der Waals surface area contributed by atoms with Gasteiger partial charge in [0.15, 0.2) is 0 Å². The molecule has 0 bridgehead atoms. The minimum atomic E-state index is 0.722. The van der Waals surface area contributed by atoms with E-state index in [2.05, 4.69) is 49.9 Å². The van der Waals surface area contributed by atoms with E-state index in [4.69, 9.17) is 0 Å². The van der Waals surface area contributed by atoms with Gasteiger partial charge in [-0.05, 0) is 36.3 Å². The first-order valence-corrected chi connectivity index (χ1v) is 5.73. The third-order valence-electron chi connectivity index (χ3n) is 3.22. The Hall–Kier alpha value is -1.30. The summed E-state index contributed by atoms with van der Waals surface area (Å²) >= 11 is 0. The Bertz CT molecular complexity index is 370. The van der Waals surface area contributed by atoms with Crippen LogP contribution in [0.1, 0.15) is 25.3 Å². The summed E-state index contributed by atoms with van der Waals surface area (Å²) in [6.45, 7) is 6.30. The van der Waals surface area contributed by atoms with Gasteiger partial charge >= 0.3 is 0 Å². The molecule has 1 atom stereocenters. The van der Waals surface area contributed by atoms with Crippen molar-refractivity contribution in [2.75, 3.05) is 0 Å². The Morgan fingerprint density at radius 1 is 1.33 bits per heavy atom. The monoisotopic (exact) mass is 198 g/mol. The molecule has 0 aliphatic heterocycles. The molecule has 0 fully saturated rings. The maximum Gasteiger partial charge on any atom is -0.00874 e. The average Bonchev–Trinajstić information content (AvgIpc) is 2.25. The quantitative estimate of drug-likeness (QED) is 0.682. The highest BCUT2D eigenvalue weighted by molar-refractivity contribution is 5.38. The zero-order valence-corrected chi connectivity index (χ0v) is 9.37. The van der Waals surface area contributed by atoms with Gasteiger partial charge in [0.2, 0.25) is 0 Å². The Morgan fingerprint density at radius 2 is 2.07 bits per heavy atom. The Morgan fingerprint density at radius 3 is 2.60 bits per heavy atom. The van der Waals surface area contributed by atoms with Crippen LogP contribution in [0.3, 0.4) is 0 Å². The van der Waals surface area contributed by atoms with Gasteiger partial charge in [-0.15, -0.1) is 0 Å². The van der Waals surface area contributed by atoms with Gasteiger partial charge in [0.25, 0.3) is 0 Å². The minimum Gasteiger partial charge on any atom is -0.0956 e. The van der Waals surface area contributed by atoms with E-state index in [1.54, 1.807) is 0 Å². The highest BCUT2D eigenvalue weighted by Crippen LogP contribution is 2.35. The van der Waals surface area contributed by atoms with Crippen LogP contribution in [0, 0.1) is 5.92 Å². The fourth-order valence-electron chi connectivity index (χ4n) is 2.13. The van der Waals surface area contributed by atoms with Crippen molar-refractivity contribution in [3.05, 3.63) is 59.7 Å². The van der Waals surface area contributed by atoms with Crippen LogP contribution in [0.4, 0.5) is 0 Å². The summed E-state index contributed by atoms with van der Waals surface area (Å²) in [6, 6.07) is 10.7. The van der Waals surface area contributed by atoms with E-state index in [0.29, 0.717) is 0 Å². The number of hydrogen-bond acceptors (Lipinski definition) is 0. The lowest BCUT2D eigenvalue weighted by Crippen LogP contribution is -2.16. The molecule has 0 radical (unpaired) electrons. The van der Waals surface area contributed by atoms with Gasteiger partial charge < -0.3 is 0 Å². The van der Waals surface area contributed by atoms with Gasteiger partial charge in [-0.1, -0.05) is 55.5 Å². The van der Waals surface area contributed by atoms with E-state index < -0.39 is 0 Å². The molecule has 0 aromatic heterocycles. The Kier molecular flexibility index (Phi) is 3.05. The minimum absolute atomic E-state index is 0.722. The van der Waals surface area contributed by atoms with Crippen molar-refractivity contribution < 1.29 is 0 Å². The van der Waals surface area contributed by atoms with Crippen LogP contribution in [0.5, 0.6) is 0 Å². The number of rotatable bonds is 4. The first kappa shape index (κ1) is 10.2. The molecule has 1 aliphatic carbocycles. The zero-order chi connectivity index (χ0) is 10.7. The summed E-state index contributed by atoms with van der Waals surface area (Å²) in [5, 5.41) is 0. The SMILES string of the molecule is C=C(CC)C1=CCC1Cc1ccccc1. The fourth-order valence-corrected chi connectivity index (χ4v) is 2.13. The fraction of sp³-hybridized carbons (Fsp3) is 0.333. The number of benzene rings is 1. The van der Waals surface area contributed by atoms with Crippen molar-refractivity contribution in [1.29, 1.82) is 0 Å². The molecule has 0 nitrogen and oxygen atoms in total. The first-order valence-electron chi connectivity index (χ1n) is 5.73. The number of hydrogen-bond donors (Lipinski definition) is 0. The van der Waals surface area contributed by atoms with Gasteiger partial charge in [0, 0.05) is 0 Å². The molecule has 0 amide bonds.